The first-order chi connectivity index (χ1) is 7.60. The van der Waals surface area contributed by atoms with Crippen molar-refractivity contribution in [3.05, 3.63) is 0 Å². The highest BCUT2D eigenvalue weighted by Gasteiger charge is 2.30. The highest BCUT2D eigenvalue weighted by atomic mass is 16.5. The standard InChI is InChI=1S/C10H18N2O4/c1-3-7(15-2)10(14)12-4-5-16-8(6-12)9(11)13/h7-8H,3-6H2,1-2H3,(H2,11,13). The van der Waals surface area contributed by atoms with Crippen molar-refractivity contribution in [3.63, 3.8) is 0 Å². The van der Waals surface area contributed by atoms with E-state index in [1.165, 1.54) is 7.11 Å². The maximum atomic E-state index is 11.9. The van der Waals surface area contributed by atoms with Crippen molar-refractivity contribution < 1.29 is 19.1 Å². The molecule has 1 rings (SSSR count). The van der Waals surface area contributed by atoms with Crippen LogP contribution in [-0.4, -0.2) is 55.7 Å². The molecule has 1 saturated heterocycles. The number of morpholine rings is 1. The van der Waals surface area contributed by atoms with Crippen LogP contribution in [0.1, 0.15) is 13.3 Å². The molecule has 16 heavy (non-hydrogen) atoms. The van der Waals surface area contributed by atoms with E-state index < -0.39 is 18.1 Å². The normalized spacial score (nSPS) is 22.9. The van der Waals surface area contributed by atoms with Crippen LogP contribution < -0.4 is 5.73 Å². The molecule has 2 atom stereocenters. The van der Waals surface area contributed by atoms with Crippen LogP contribution in [0.3, 0.4) is 0 Å². The number of methoxy groups -OCH3 is 1. The summed E-state index contributed by atoms with van der Waals surface area (Å²) in [7, 11) is 1.50. The van der Waals surface area contributed by atoms with Gasteiger partial charge < -0.3 is 20.1 Å². The van der Waals surface area contributed by atoms with Gasteiger partial charge in [-0.1, -0.05) is 6.92 Å². The molecule has 0 saturated carbocycles. The van der Waals surface area contributed by atoms with Gasteiger partial charge in [0.2, 0.25) is 5.91 Å². The SMILES string of the molecule is CCC(OC)C(=O)N1CCOC(C(N)=O)C1. The molecule has 0 aromatic heterocycles. The molecule has 1 aliphatic rings. The molecule has 92 valence electrons. The summed E-state index contributed by atoms with van der Waals surface area (Å²) >= 11 is 0. The average molecular weight is 230 g/mol. The van der Waals surface area contributed by atoms with Crippen molar-refractivity contribution >= 4 is 11.8 Å². The lowest BCUT2D eigenvalue weighted by Crippen LogP contribution is -2.53. The average Bonchev–Trinajstić information content (AvgIpc) is 2.30. The van der Waals surface area contributed by atoms with E-state index in [2.05, 4.69) is 0 Å². The number of carbonyl (C=O) groups excluding carboxylic acids is 2. The van der Waals surface area contributed by atoms with Gasteiger partial charge in [0.25, 0.3) is 5.91 Å². The summed E-state index contributed by atoms with van der Waals surface area (Å²) in [5, 5.41) is 0. The highest BCUT2D eigenvalue weighted by molar-refractivity contribution is 5.83. The third-order valence-electron chi connectivity index (χ3n) is 2.63. The Balaban J connectivity index is 2.59. The summed E-state index contributed by atoms with van der Waals surface area (Å²) in [6, 6.07) is 0. The second-order valence-electron chi connectivity index (χ2n) is 3.68. The molecule has 1 fully saturated rings. The predicted octanol–water partition coefficient (Wildman–Crippen LogP) is -0.876. The Morgan fingerprint density at radius 3 is 2.81 bits per heavy atom. The van der Waals surface area contributed by atoms with Gasteiger partial charge in [0.05, 0.1) is 13.2 Å². The van der Waals surface area contributed by atoms with E-state index in [1.54, 1.807) is 4.90 Å². The molecule has 0 aliphatic carbocycles. The Kier molecular flexibility index (Phi) is 4.70. The molecule has 1 heterocycles. The van der Waals surface area contributed by atoms with Gasteiger partial charge in [0.1, 0.15) is 6.10 Å². The summed E-state index contributed by atoms with van der Waals surface area (Å²) in [5.74, 6) is -0.650. The van der Waals surface area contributed by atoms with Crippen LogP contribution in [0, 0.1) is 0 Å². The maximum Gasteiger partial charge on any atom is 0.251 e. The second-order valence-corrected chi connectivity index (χ2v) is 3.68. The van der Waals surface area contributed by atoms with Crippen LogP contribution in [0.2, 0.25) is 0 Å². The van der Waals surface area contributed by atoms with Gasteiger partial charge in [-0.05, 0) is 6.42 Å². The van der Waals surface area contributed by atoms with Gasteiger partial charge >= 0.3 is 0 Å². The van der Waals surface area contributed by atoms with E-state index in [0.717, 1.165) is 0 Å². The molecule has 2 N–H and O–H groups in total. The Labute approximate surface area is 94.7 Å². The molecule has 0 bridgehead atoms. The van der Waals surface area contributed by atoms with Crippen LogP contribution >= 0.6 is 0 Å². The van der Waals surface area contributed by atoms with Gasteiger partial charge in [0, 0.05) is 13.7 Å². The number of amides is 2. The summed E-state index contributed by atoms with van der Waals surface area (Å²) < 4.78 is 10.2. The lowest BCUT2D eigenvalue weighted by atomic mass is 10.2. The number of rotatable bonds is 4. The molecule has 0 spiro atoms. The molecule has 0 aromatic carbocycles. The number of nitrogens with zero attached hydrogens (tertiary/aromatic N) is 1. The van der Waals surface area contributed by atoms with Crippen molar-refractivity contribution in [2.75, 3.05) is 26.8 Å². The van der Waals surface area contributed by atoms with E-state index >= 15 is 0 Å². The van der Waals surface area contributed by atoms with E-state index in [9.17, 15) is 9.59 Å². The van der Waals surface area contributed by atoms with Crippen LogP contribution in [0.5, 0.6) is 0 Å². The smallest absolute Gasteiger partial charge is 0.251 e. The number of primary amides is 1. The summed E-state index contributed by atoms with van der Waals surface area (Å²) in [6.45, 7) is 2.90. The fraction of sp³-hybridized carbons (Fsp3) is 0.800. The molecule has 2 amide bonds. The topological polar surface area (TPSA) is 81.9 Å². The molecule has 1 aliphatic heterocycles. The molecule has 0 radical (unpaired) electrons. The highest BCUT2D eigenvalue weighted by Crippen LogP contribution is 2.09. The number of ether oxygens (including phenoxy) is 2. The van der Waals surface area contributed by atoms with E-state index in [1.807, 2.05) is 6.92 Å². The van der Waals surface area contributed by atoms with Crippen molar-refractivity contribution in [2.24, 2.45) is 5.73 Å². The fourth-order valence-electron chi connectivity index (χ4n) is 1.67. The number of hydrogen-bond acceptors (Lipinski definition) is 4. The zero-order chi connectivity index (χ0) is 12.1. The Morgan fingerprint density at radius 2 is 2.31 bits per heavy atom. The first-order valence-electron chi connectivity index (χ1n) is 5.32. The summed E-state index contributed by atoms with van der Waals surface area (Å²) in [4.78, 5) is 24.4. The van der Waals surface area contributed by atoms with E-state index in [0.29, 0.717) is 19.6 Å². The second kappa shape index (κ2) is 5.81. The summed E-state index contributed by atoms with van der Waals surface area (Å²) in [6.07, 6.45) is -0.549. The van der Waals surface area contributed by atoms with Crippen molar-refractivity contribution in [3.8, 4) is 0 Å². The molecule has 0 aromatic rings. The summed E-state index contributed by atoms with van der Waals surface area (Å²) in [5.41, 5.74) is 5.14. The van der Waals surface area contributed by atoms with Crippen molar-refractivity contribution in [2.45, 2.75) is 25.6 Å². The van der Waals surface area contributed by atoms with Crippen LogP contribution in [0.25, 0.3) is 0 Å². The Morgan fingerprint density at radius 1 is 1.62 bits per heavy atom. The first kappa shape index (κ1) is 12.9. The zero-order valence-corrected chi connectivity index (χ0v) is 9.64. The van der Waals surface area contributed by atoms with Gasteiger partial charge in [-0.15, -0.1) is 0 Å². The Hall–Kier alpha value is -1.14. The van der Waals surface area contributed by atoms with Crippen molar-refractivity contribution in [1.82, 2.24) is 4.90 Å². The minimum atomic E-state index is -0.702. The predicted molar refractivity (Wildman–Crippen MR) is 56.6 cm³/mol. The van der Waals surface area contributed by atoms with E-state index in [4.69, 9.17) is 15.2 Å². The third-order valence-corrected chi connectivity index (χ3v) is 2.63. The van der Waals surface area contributed by atoms with Gasteiger partial charge in [0.15, 0.2) is 6.10 Å². The van der Waals surface area contributed by atoms with Crippen LogP contribution in [-0.2, 0) is 19.1 Å². The minimum absolute atomic E-state index is 0.112. The van der Waals surface area contributed by atoms with Gasteiger partial charge in [-0.25, -0.2) is 0 Å². The van der Waals surface area contributed by atoms with E-state index in [-0.39, 0.29) is 12.5 Å². The fourth-order valence-corrected chi connectivity index (χ4v) is 1.67. The molecule has 6 nitrogen and oxygen atoms in total. The Bertz CT molecular complexity index is 266. The molecular formula is C10H18N2O4. The lowest BCUT2D eigenvalue weighted by Gasteiger charge is -2.33. The van der Waals surface area contributed by atoms with Gasteiger partial charge in [-0.3, -0.25) is 9.59 Å². The van der Waals surface area contributed by atoms with Crippen LogP contribution in [0.4, 0.5) is 0 Å². The van der Waals surface area contributed by atoms with Crippen LogP contribution in [0.15, 0.2) is 0 Å². The third kappa shape index (κ3) is 2.93. The molecular weight excluding hydrogens is 212 g/mol. The monoisotopic (exact) mass is 230 g/mol. The van der Waals surface area contributed by atoms with Gasteiger partial charge in [-0.2, -0.15) is 0 Å². The largest absolute Gasteiger partial charge is 0.372 e. The maximum absolute atomic E-state index is 11.9. The molecule has 2 unspecified atom stereocenters. The molecule has 6 heteroatoms. The van der Waals surface area contributed by atoms with Crippen molar-refractivity contribution in [1.29, 1.82) is 0 Å². The number of hydrogen-bond donors (Lipinski definition) is 1. The quantitative estimate of drug-likeness (QED) is 0.680. The first-order valence-corrected chi connectivity index (χ1v) is 5.32. The lowest BCUT2D eigenvalue weighted by molar-refractivity contribution is -0.153. The number of carbonyl (C=O) groups is 2. The number of nitrogens with two attached hydrogens (primary N) is 1. The zero-order valence-electron chi connectivity index (χ0n) is 9.64. The minimum Gasteiger partial charge on any atom is -0.372 e.